The van der Waals surface area contributed by atoms with Gasteiger partial charge in [-0.15, -0.1) is 0 Å². The number of carbonyl (C=O) groups excluding carboxylic acids is 3. The molecule has 9 nitrogen and oxygen atoms in total. The maximum atomic E-state index is 13.7. The van der Waals surface area contributed by atoms with Gasteiger partial charge in [0.15, 0.2) is 18.1 Å². The van der Waals surface area contributed by atoms with Crippen LogP contribution in [0.1, 0.15) is 19.3 Å². The SMILES string of the molecule is O=C(OCC(F)(F)S(=O)(=O)O)C1CC(C(=O)Oc2c(I)cc(I)cc2I)CC(C(=O)Oc2c(I)cc(I)cc2I)C1. The minimum absolute atomic E-state index is 0.0440. The van der Waals surface area contributed by atoms with Crippen LogP contribution in [0.15, 0.2) is 24.3 Å². The summed E-state index contributed by atoms with van der Waals surface area (Å²) in [6, 6.07) is 7.19. The average molecular weight is 1270 g/mol. The number of rotatable bonds is 8. The zero-order chi connectivity index (χ0) is 30.9. The molecule has 0 aliphatic heterocycles. The molecule has 224 valence electrons. The van der Waals surface area contributed by atoms with Crippen LogP contribution in [0.2, 0.25) is 0 Å². The Morgan fingerprint density at radius 2 is 1.05 bits per heavy atom. The second-order valence-corrected chi connectivity index (χ2v) is 17.4. The molecule has 41 heavy (non-hydrogen) atoms. The zero-order valence-corrected chi connectivity index (χ0v) is 33.8. The van der Waals surface area contributed by atoms with E-state index in [1.165, 1.54) is 0 Å². The number of halogens is 8. The van der Waals surface area contributed by atoms with Gasteiger partial charge in [0.1, 0.15) is 0 Å². The first-order valence-electron chi connectivity index (χ1n) is 11.1. The van der Waals surface area contributed by atoms with E-state index < -0.39 is 57.6 Å². The van der Waals surface area contributed by atoms with Crippen molar-refractivity contribution in [2.75, 3.05) is 6.61 Å². The van der Waals surface area contributed by atoms with Crippen LogP contribution in [0.4, 0.5) is 8.78 Å². The molecular weight excluding hydrogens is 1250 g/mol. The lowest BCUT2D eigenvalue weighted by molar-refractivity contribution is -0.160. The fraction of sp³-hybridized carbons (Fsp3) is 0.348. The molecule has 0 amide bonds. The lowest BCUT2D eigenvalue weighted by Crippen LogP contribution is -2.40. The third kappa shape index (κ3) is 9.74. The van der Waals surface area contributed by atoms with Crippen LogP contribution in [-0.4, -0.2) is 42.7 Å². The van der Waals surface area contributed by atoms with Crippen molar-refractivity contribution in [2.45, 2.75) is 24.5 Å². The van der Waals surface area contributed by atoms with Gasteiger partial charge < -0.3 is 14.2 Å². The van der Waals surface area contributed by atoms with Crippen molar-refractivity contribution < 1.29 is 50.3 Å². The highest BCUT2D eigenvalue weighted by atomic mass is 127. The summed E-state index contributed by atoms with van der Waals surface area (Å²) in [6.07, 6.45) is -0.443. The van der Waals surface area contributed by atoms with E-state index in [0.29, 0.717) is 25.8 Å². The van der Waals surface area contributed by atoms with Crippen LogP contribution in [0.25, 0.3) is 0 Å². The highest BCUT2D eigenvalue weighted by molar-refractivity contribution is 14.1. The molecule has 1 aliphatic rings. The summed E-state index contributed by atoms with van der Waals surface area (Å²) in [5.41, 5.74) is 0. The molecule has 0 heterocycles. The van der Waals surface area contributed by atoms with Crippen molar-refractivity contribution in [3.63, 3.8) is 0 Å². The van der Waals surface area contributed by atoms with Crippen molar-refractivity contribution >= 4 is 164 Å². The molecule has 2 aromatic carbocycles. The quantitative estimate of drug-likeness (QED) is 0.130. The third-order valence-electron chi connectivity index (χ3n) is 5.80. The van der Waals surface area contributed by atoms with E-state index >= 15 is 0 Å². The van der Waals surface area contributed by atoms with Gasteiger partial charge in [-0.25, -0.2) is 0 Å². The fourth-order valence-electron chi connectivity index (χ4n) is 3.86. The lowest BCUT2D eigenvalue weighted by Gasteiger charge is -2.31. The summed E-state index contributed by atoms with van der Waals surface area (Å²) in [4.78, 5) is 39.3. The largest absolute Gasteiger partial charge is 0.458 e. The normalized spacial score (nSPS) is 19.4. The second kappa shape index (κ2) is 15.1. The molecule has 1 fully saturated rings. The van der Waals surface area contributed by atoms with E-state index in [1.54, 1.807) is 24.3 Å². The Labute approximate surface area is 315 Å². The molecule has 1 saturated carbocycles. The standard InChI is InChI=1S/C23H16F2I6O9S/c24-23(25,41(35,36)37)8-38-20(32)9-1-10(21(33)39-18-14(28)4-12(26)5-15(18)29)3-11(2-9)22(34)40-19-16(30)6-13(27)7-17(19)31/h4-7,9-11H,1-3,8H2,(H,35,36,37). The molecule has 2 atom stereocenters. The van der Waals surface area contributed by atoms with Crippen LogP contribution in [-0.2, 0) is 29.2 Å². The number of ether oxygens (including phenoxy) is 3. The summed E-state index contributed by atoms with van der Waals surface area (Å²) in [6.45, 7) is -1.93. The molecule has 0 radical (unpaired) electrons. The second-order valence-electron chi connectivity index (χ2n) is 8.76. The molecule has 0 spiro atoms. The summed E-state index contributed by atoms with van der Waals surface area (Å²) >= 11 is 12.3. The van der Waals surface area contributed by atoms with E-state index in [9.17, 15) is 31.6 Å². The molecule has 2 unspecified atom stereocenters. The van der Waals surface area contributed by atoms with E-state index in [1.807, 2.05) is 90.4 Å². The smallest absolute Gasteiger partial charge is 0.402 e. The molecule has 0 bridgehead atoms. The van der Waals surface area contributed by atoms with Crippen molar-refractivity contribution in [2.24, 2.45) is 17.8 Å². The van der Waals surface area contributed by atoms with Gasteiger partial charge >= 0.3 is 33.3 Å². The fourth-order valence-corrected chi connectivity index (χ4v) is 11.7. The van der Waals surface area contributed by atoms with E-state index in [0.717, 1.165) is 7.14 Å². The number of carbonyl (C=O) groups is 3. The topological polar surface area (TPSA) is 133 Å². The Bertz CT molecular complexity index is 1360. The monoisotopic (exact) mass is 1270 g/mol. The van der Waals surface area contributed by atoms with E-state index in [-0.39, 0.29) is 19.3 Å². The number of esters is 3. The maximum absolute atomic E-state index is 13.7. The Hall–Kier alpha value is 1.000. The summed E-state index contributed by atoms with van der Waals surface area (Å²) in [5, 5.41) is -4.73. The third-order valence-corrected chi connectivity index (χ3v) is 11.1. The van der Waals surface area contributed by atoms with Crippen molar-refractivity contribution in [1.29, 1.82) is 0 Å². The summed E-state index contributed by atoms with van der Waals surface area (Å²) in [7, 11) is -5.83. The summed E-state index contributed by atoms with van der Waals surface area (Å²) < 4.78 is 78.2. The molecule has 0 aromatic heterocycles. The first-order chi connectivity index (χ1) is 18.9. The predicted molar refractivity (Wildman–Crippen MR) is 192 cm³/mol. The van der Waals surface area contributed by atoms with Gasteiger partial charge in [-0.05, 0) is 179 Å². The lowest BCUT2D eigenvalue weighted by atomic mass is 9.75. The van der Waals surface area contributed by atoms with Crippen LogP contribution in [0.3, 0.4) is 0 Å². The van der Waals surface area contributed by atoms with Crippen molar-refractivity contribution in [3.05, 3.63) is 45.7 Å². The average Bonchev–Trinajstić information content (AvgIpc) is 2.85. The van der Waals surface area contributed by atoms with Crippen molar-refractivity contribution in [3.8, 4) is 11.5 Å². The van der Waals surface area contributed by atoms with Crippen LogP contribution in [0, 0.1) is 39.2 Å². The van der Waals surface area contributed by atoms with Gasteiger partial charge in [0.2, 0.25) is 0 Å². The van der Waals surface area contributed by atoms with Crippen molar-refractivity contribution in [1.82, 2.24) is 0 Å². The van der Waals surface area contributed by atoms with E-state index in [4.69, 9.17) is 14.0 Å². The summed E-state index contributed by atoms with van der Waals surface area (Å²) in [5.74, 6) is -5.38. The zero-order valence-electron chi connectivity index (χ0n) is 20.0. The highest BCUT2D eigenvalue weighted by Gasteiger charge is 2.47. The first kappa shape index (κ1) is 36.5. The van der Waals surface area contributed by atoms with E-state index in [2.05, 4.69) is 49.9 Å². The van der Waals surface area contributed by atoms with Crippen LogP contribution < -0.4 is 9.47 Å². The van der Waals surface area contributed by atoms with Gasteiger partial charge in [0.05, 0.1) is 32.0 Å². The molecular formula is C23H16F2I6O9S. The molecule has 18 heteroatoms. The van der Waals surface area contributed by atoms with Gasteiger partial charge in [0.25, 0.3) is 0 Å². The molecule has 1 aliphatic carbocycles. The Balaban J connectivity index is 1.86. The van der Waals surface area contributed by atoms with Crippen LogP contribution in [0.5, 0.6) is 11.5 Å². The van der Waals surface area contributed by atoms with Gasteiger partial charge in [-0.3, -0.25) is 18.9 Å². The van der Waals surface area contributed by atoms with Gasteiger partial charge in [0, 0.05) is 7.14 Å². The number of hydrogen-bond acceptors (Lipinski definition) is 8. The first-order valence-corrected chi connectivity index (χ1v) is 19.0. The Morgan fingerprint density at radius 1 is 0.732 bits per heavy atom. The van der Waals surface area contributed by atoms with Gasteiger partial charge in [-0.1, -0.05) is 0 Å². The molecule has 3 rings (SSSR count). The number of hydrogen-bond donors (Lipinski definition) is 1. The minimum atomic E-state index is -5.83. The number of benzene rings is 2. The molecule has 1 N–H and O–H groups in total. The minimum Gasteiger partial charge on any atom is -0.458 e. The predicted octanol–water partition coefficient (Wildman–Crippen LogP) is 6.88. The highest BCUT2D eigenvalue weighted by Crippen LogP contribution is 2.39. The van der Waals surface area contributed by atoms with Gasteiger partial charge in [-0.2, -0.15) is 17.2 Å². The van der Waals surface area contributed by atoms with Crippen LogP contribution >= 0.6 is 136 Å². The maximum Gasteiger partial charge on any atom is 0.402 e. The Morgan fingerprint density at radius 3 is 1.37 bits per heavy atom. The molecule has 0 saturated heterocycles. The number of alkyl halides is 2. The Kier molecular flexibility index (Phi) is 13.4. The molecule has 2 aromatic rings.